The molecule has 0 radical (unpaired) electrons. The van der Waals surface area contributed by atoms with Gasteiger partial charge in [0.05, 0.1) is 6.61 Å². The van der Waals surface area contributed by atoms with Crippen LogP contribution in [0.15, 0.2) is 18.2 Å². The maximum absolute atomic E-state index is 12.4. The molecular weight excluding hydrogens is 300 g/mol. The maximum Gasteiger partial charge on any atom is 0.246 e. The summed E-state index contributed by atoms with van der Waals surface area (Å²) in [4.78, 5) is 24.0. The lowest BCUT2D eigenvalue weighted by molar-refractivity contribution is -0.126. The highest BCUT2D eigenvalue weighted by Gasteiger charge is 2.20. The summed E-state index contributed by atoms with van der Waals surface area (Å²) in [6.45, 7) is 2.47. The van der Waals surface area contributed by atoms with Gasteiger partial charge in [-0.05, 0) is 42.2 Å². The van der Waals surface area contributed by atoms with Crippen LogP contribution in [0.2, 0.25) is 0 Å². The van der Waals surface area contributed by atoms with Crippen molar-refractivity contribution < 1.29 is 14.3 Å². The molecule has 0 saturated heterocycles. The number of carbonyl (C=O) groups excluding carboxylic acids is 2. The Morgan fingerprint density at radius 2 is 2.23 bits per heavy atom. The Morgan fingerprint density at radius 3 is 2.95 bits per heavy atom. The molecular formula is C16H22N2O3S. The fourth-order valence-corrected chi connectivity index (χ4v) is 2.77. The van der Waals surface area contributed by atoms with Gasteiger partial charge in [0.25, 0.3) is 0 Å². The Hall–Kier alpha value is -1.69. The van der Waals surface area contributed by atoms with Crippen molar-refractivity contribution in [3.05, 3.63) is 23.8 Å². The van der Waals surface area contributed by atoms with Crippen LogP contribution in [0.25, 0.3) is 0 Å². The fourth-order valence-electron chi connectivity index (χ4n) is 2.29. The van der Waals surface area contributed by atoms with Gasteiger partial charge in [0.1, 0.15) is 11.8 Å². The predicted octanol–water partition coefficient (Wildman–Crippen LogP) is 2.21. The molecule has 0 bridgehead atoms. The summed E-state index contributed by atoms with van der Waals surface area (Å²) in [6, 6.07) is 5.15. The highest BCUT2D eigenvalue weighted by Crippen LogP contribution is 2.27. The Morgan fingerprint density at radius 1 is 1.41 bits per heavy atom. The number of carbonyl (C=O) groups is 2. The van der Waals surface area contributed by atoms with Crippen molar-refractivity contribution >= 4 is 29.3 Å². The molecule has 22 heavy (non-hydrogen) atoms. The summed E-state index contributed by atoms with van der Waals surface area (Å²) in [5, 5.41) is 5.68. The topological polar surface area (TPSA) is 67.4 Å². The fraction of sp³-hybridized carbons (Fsp3) is 0.500. The molecule has 0 aromatic heterocycles. The van der Waals surface area contributed by atoms with Gasteiger partial charge in [-0.3, -0.25) is 9.59 Å². The number of amides is 2. The minimum Gasteiger partial charge on any atom is -0.493 e. The second-order valence-electron chi connectivity index (χ2n) is 5.17. The summed E-state index contributed by atoms with van der Waals surface area (Å²) in [5.74, 6) is 1.43. The maximum atomic E-state index is 12.4. The number of benzene rings is 1. The van der Waals surface area contributed by atoms with Gasteiger partial charge in [-0.25, -0.2) is 0 Å². The molecule has 0 aliphatic carbocycles. The normalized spacial score (nSPS) is 13.9. The van der Waals surface area contributed by atoms with Crippen molar-refractivity contribution in [2.75, 3.05) is 23.9 Å². The molecule has 0 fully saturated rings. The summed E-state index contributed by atoms with van der Waals surface area (Å²) in [7, 11) is 0. The Labute approximate surface area is 135 Å². The largest absolute Gasteiger partial charge is 0.493 e. The Balaban J connectivity index is 2.01. The van der Waals surface area contributed by atoms with Gasteiger partial charge in [0.2, 0.25) is 11.8 Å². The molecule has 120 valence electrons. The number of hydrogen-bond acceptors (Lipinski definition) is 4. The summed E-state index contributed by atoms with van der Waals surface area (Å²) in [5.41, 5.74) is 1.85. The van der Waals surface area contributed by atoms with Crippen LogP contribution in [-0.4, -0.2) is 36.5 Å². The van der Waals surface area contributed by atoms with Crippen LogP contribution in [0.4, 0.5) is 5.69 Å². The van der Waals surface area contributed by atoms with Gasteiger partial charge in [-0.2, -0.15) is 11.8 Å². The van der Waals surface area contributed by atoms with Crippen LogP contribution < -0.4 is 15.4 Å². The van der Waals surface area contributed by atoms with E-state index in [4.69, 9.17) is 4.74 Å². The number of fused-ring (bicyclic) bond motifs is 1. The van der Waals surface area contributed by atoms with Crippen molar-refractivity contribution in [2.45, 2.75) is 32.2 Å². The van der Waals surface area contributed by atoms with Crippen LogP contribution in [0.3, 0.4) is 0 Å². The lowest BCUT2D eigenvalue weighted by Gasteiger charge is -2.18. The van der Waals surface area contributed by atoms with Crippen LogP contribution >= 0.6 is 11.8 Å². The third-order valence-electron chi connectivity index (χ3n) is 3.54. The lowest BCUT2D eigenvalue weighted by Crippen LogP contribution is -2.44. The van der Waals surface area contributed by atoms with Crippen molar-refractivity contribution in [3.63, 3.8) is 0 Å². The molecule has 1 aromatic carbocycles. The molecule has 1 aromatic rings. The minimum atomic E-state index is -0.496. The van der Waals surface area contributed by atoms with Gasteiger partial charge in [-0.15, -0.1) is 0 Å². The Bertz CT molecular complexity index is 548. The van der Waals surface area contributed by atoms with Crippen molar-refractivity contribution in [1.29, 1.82) is 0 Å². The van der Waals surface area contributed by atoms with Crippen molar-refractivity contribution in [1.82, 2.24) is 5.32 Å². The monoisotopic (exact) mass is 322 g/mol. The quantitative estimate of drug-likeness (QED) is 0.808. The zero-order chi connectivity index (χ0) is 15.9. The van der Waals surface area contributed by atoms with Gasteiger partial charge in [0, 0.05) is 18.5 Å². The first-order chi connectivity index (χ1) is 10.6. The van der Waals surface area contributed by atoms with Crippen LogP contribution in [0.1, 0.15) is 25.3 Å². The molecule has 2 rings (SSSR count). The summed E-state index contributed by atoms with van der Waals surface area (Å²) >= 11 is 1.66. The van der Waals surface area contributed by atoms with Gasteiger partial charge in [-0.1, -0.05) is 6.92 Å². The second kappa shape index (κ2) is 8.08. The molecule has 6 heteroatoms. The van der Waals surface area contributed by atoms with Crippen LogP contribution in [0.5, 0.6) is 5.75 Å². The molecule has 0 spiro atoms. The van der Waals surface area contributed by atoms with Crippen LogP contribution in [-0.2, 0) is 16.0 Å². The van der Waals surface area contributed by atoms with E-state index >= 15 is 0 Å². The summed E-state index contributed by atoms with van der Waals surface area (Å²) < 4.78 is 5.45. The third kappa shape index (κ3) is 4.40. The molecule has 1 atom stereocenters. The van der Waals surface area contributed by atoms with E-state index in [2.05, 4.69) is 10.6 Å². The third-order valence-corrected chi connectivity index (χ3v) is 4.18. The molecule has 1 unspecified atom stereocenters. The average molecular weight is 322 g/mol. The van der Waals surface area contributed by atoms with E-state index < -0.39 is 6.04 Å². The second-order valence-corrected chi connectivity index (χ2v) is 6.15. The molecule has 1 aliphatic rings. The van der Waals surface area contributed by atoms with E-state index in [1.54, 1.807) is 18.7 Å². The smallest absolute Gasteiger partial charge is 0.246 e. The van der Waals surface area contributed by atoms with E-state index in [1.165, 1.54) is 0 Å². The Kier molecular flexibility index (Phi) is 6.12. The van der Waals surface area contributed by atoms with Gasteiger partial charge in [0.15, 0.2) is 0 Å². The molecule has 1 heterocycles. The van der Waals surface area contributed by atoms with Gasteiger partial charge < -0.3 is 15.4 Å². The van der Waals surface area contributed by atoms with E-state index in [-0.39, 0.29) is 11.8 Å². The SMILES string of the molecule is CCC(=O)NC(CCSC)C(=O)Nc1ccc2c(c1)CCO2. The van der Waals surface area contributed by atoms with E-state index in [0.29, 0.717) is 19.4 Å². The van der Waals surface area contributed by atoms with Gasteiger partial charge >= 0.3 is 0 Å². The standard InChI is InChI=1S/C16H22N2O3S/c1-3-15(19)18-13(7-9-22-2)16(20)17-12-4-5-14-11(10-12)6-8-21-14/h4-5,10,13H,3,6-9H2,1-2H3,(H,17,20)(H,18,19). The first-order valence-electron chi connectivity index (χ1n) is 7.49. The molecule has 0 saturated carbocycles. The number of anilines is 1. The van der Waals surface area contributed by atoms with Crippen LogP contribution in [0, 0.1) is 0 Å². The highest BCUT2D eigenvalue weighted by atomic mass is 32.2. The molecule has 1 aliphatic heterocycles. The molecule has 2 amide bonds. The zero-order valence-corrected chi connectivity index (χ0v) is 13.8. The van der Waals surface area contributed by atoms with Crippen molar-refractivity contribution in [3.8, 4) is 5.75 Å². The van der Waals surface area contributed by atoms with E-state index in [1.807, 2.05) is 24.5 Å². The molecule has 2 N–H and O–H groups in total. The summed E-state index contributed by atoms with van der Waals surface area (Å²) in [6.07, 6.45) is 3.84. The zero-order valence-electron chi connectivity index (χ0n) is 13.0. The lowest BCUT2D eigenvalue weighted by atomic mass is 10.1. The number of thioether (sulfide) groups is 1. The molecule has 5 nitrogen and oxygen atoms in total. The first-order valence-corrected chi connectivity index (χ1v) is 8.88. The number of ether oxygens (including phenoxy) is 1. The average Bonchev–Trinajstić information content (AvgIpc) is 2.98. The minimum absolute atomic E-state index is 0.108. The van der Waals surface area contributed by atoms with E-state index in [9.17, 15) is 9.59 Å². The predicted molar refractivity (Wildman–Crippen MR) is 89.5 cm³/mol. The highest BCUT2D eigenvalue weighted by molar-refractivity contribution is 7.98. The number of rotatable bonds is 7. The van der Waals surface area contributed by atoms with E-state index in [0.717, 1.165) is 29.2 Å². The first kappa shape index (κ1) is 16.7. The van der Waals surface area contributed by atoms with Crippen molar-refractivity contribution in [2.24, 2.45) is 0 Å². The number of hydrogen-bond donors (Lipinski definition) is 2. The number of nitrogens with one attached hydrogen (secondary N) is 2.